The fraction of sp³-hybridized carbons (Fsp3) is 0.217. The van der Waals surface area contributed by atoms with Gasteiger partial charge in [-0.25, -0.2) is 18.7 Å². The second-order valence-electron chi connectivity index (χ2n) is 7.84. The molecular formula is C23H19F2N5O2. The van der Waals surface area contributed by atoms with Gasteiger partial charge in [0.05, 0.1) is 23.7 Å². The minimum atomic E-state index is -0.788. The first kappa shape index (κ1) is 20.0. The molecule has 3 aromatic rings. The molecule has 162 valence electrons. The predicted molar refractivity (Wildman–Crippen MR) is 113 cm³/mol. The van der Waals surface area contributed by atoms with Crippen LogP contribution in [0.4, 0.5) is 20.3 Å². The van der Waals surface area contributed by atoms with Crippen LogP contribution in [0.25, 0.3) is 11.4 Å². The molecule has 1 saturated heterocycles. The van der Waals surface area contributed by atoms with Crippen molar-refractivity contribution in [2.24, 2.45) is 0 Å². The third-order valence-electron chi connectivity index (χ3n) is 5.82. The van der Waals surface area contributed by atoms with E-state index in [1.54, 1.807) is 24.1 Å². The fourth-order valence-corrected chi connectivity index (χ4v) is 4.11. The van der Waals surface area contributed by atoms with Gasteiger partial charge in [0.1, 0.15) is 23.0 Å². The number of anilines is 2. The highest BCUT2D eigenvalue weighted by molar-refractivity contribution is 6.03. The summed E-state index contributed by atoms with van der Waals surface area (Å²) < 4.78 is 28.6. The molecular weight excluding hydrogens is 416 g/mol. The summed E-state index contributed by atoms with van der Waals surface area (Å²) in [6.07, 6.45) is 0.763. The van der Waals surface area contributed by atoms with Crippen molar-refractivity contribution < 1.29 is 18.4 Å². The van der Waals surface area contributed by atoms with E-state index in [4.69, 9.17) is 0 Å². The van der Waals surface area contributed by atoms with Gasteiger partial charge >= 0.3 is 0 Å². The van der Waals surface area contributed by atoms with Gasteiger partial charge in [0.15, 0.2) is 5.82 Å². The summed E-state index contributed by atoms with van der Waals surface area (Å²) >= 11 is 0. The third kappa shape index (κ3) is 3.35. The van der Waals surface area contributed by atoms with E-state index >= 15 is 0 Å². The van der Waals surface area contributed by atoms with Crippen LogP contribution in [-0.4, -0.2) is 40.3 Å². The van der Waals surface area contributed by atoms with Gasteiger partial charge < -0.3 is 15.5 Å². The lowest BCUT2D eigenvalue weighted by Gasteiger charge is -2.14. The molecule has 1 aromatic heterocycles. The molecule has 9 heteroatoms. The Hall–Kier alpha value is -3.88. The molecule has 0 spiro atoms. The second kappa shape index (κ2) is 7.67. The normalized spacial score (nSPS) is 17.5. The number of hydrogen-bond donors (Lipinski definition) is 2. The van der Waals surface area contributed by atoms with Gasteiger partial charge in [-0.3, -0.25) is 9.59 Å². The van der Waals surface area contributed by atoms with Gasteiger partial charge in [-0.05, 0) is 36.2 Å². The molecule has 2 amide bonds. The lowest BCUT2D eigenvalue weighted by Crippen LogP contribution is -2.21. The fourth-order valence-electron chi connectivity index (χ4n) is 4.11. The number of likely N-dealkylation sites (tertiary alicyclic amines) is 1. The first-order chi connectivity index (χ1) is 15.4. The highest BCUT2D eigenvalue weighted by Crippen LogP contribution is 2.32. The molecule has 0 aliphatic carbocycles. The minimum Gasteiger partial charge on any atom is -0.346 e. The molecule has 2 aromatic carbocycles. The molecule has 7 nitrogen and oxygen atoms in total. The Kier molecular flexibility index (Phi) is 4.80. The zero-order valence-corrected chi connectivity index (χ0v) is 17.2. The zero-order valence-electron chi connectivity index (χ0n) is 17.2. The minimum absolute atomic E-state index is 0.0903. The Bertz CT molecular complexity index is 1230. The van der Waals surface area contributed by atoms with Crippen LogP contribution in [-0.2, 0) is 11.3 Å². The summed E-state index contributed by atoms with van der Waals surface area (Å²) in [6, 6.07) is 10.8. The summed E-state index contributed by atoms with van der Waals surface area (Å²) in [5.41, 5.74) is 1.78. The van der Waals surface area contributed by atoms with Crippen molar-refractivity contribution >= 4 is 23.3 Å². The molecule has 0 saturated carbocycles. The van der Waals surface area contributed by atoms with Crippen LogP contribution in [0.3, 0.4) is 0 Å². The highest BCUT2D eigenvalue weighted by Gasteiger charge is 2.31. The van der Waals surface area contributed by atoms with Crippen LogP contribution in [0.5, 0.6) is 0 Å². The standard InChI is InChI=1S/C23H19F2N5O2/c1-30-10-9-14(23(30)32)12-5-7-13(8-6-12)27-21-19-17(11-26-22(19)31)28-20(29-21)18-15(24)3-2-4-16(18)25/h2-8,14H,9-11H2,1H3,(H,26,31)(H,27,28,29). The Morgan fingerprint density at radius 1 is 1.03 bits per heavy atom. The number of nitrogens with zero attached hydrogens (tertiary/aromatic N) is 3. The number of carbonyl (C=O) groups is 2. The van der Waals surface area contributed by atoms with Crippen molar-refractivity contribution in [1.82, 2.24) is 20.2 Å². The summed E-state index contributed by atoms with van der Waals surface area (Å²) in [7, 11) is 1.79. The average molecular weight is 435 g/mol. The Balaban J connectivity index is 1.50. The van der Waals surface area contributed by atoms with Crippen LogP contribution in [0.2, 0.25) is 0 Å². The Labute approximate surface area is 182 Å². The molecule has 5 rings (SSSR count). The number of fused-ring (bicyclic) bond motifs is 1. The van der Waals surface area contributed by atoms with Gasteiger partial charge in [-0.15, -0.1) is 0 Å². The largest absolute Gasteiger partial charge is 0.346 e. The monoisotopic (exact) mass is 435 g/mol. The number of halogens is 2. The van der Waals surface area contributed by atoms with Crippen molar-refractivity contribution in [3.8, 4) is 11.4 Å². The maximum Gasteiger partial charge on any atom is 0.257 e. The maximum atomic E-state index is 14.3. The van der Waals surface area contributed by atoms with Gasteiger partial charge in [-0.1, -0.05) is 18.2 Å². The van der Waals surface area contributed by atoms with E-state index < -0.39 is 11.6 Å². The molecule has 1 atom stereocenters. The molecule has 1 unspecified atom stereocenters. The summed E-state index contributed by atoms with van der Waals surface area (Å²) in [5, 5.41) is 5.73. The van der Waals surface area contributed by atoms with Crippen LogP contribution in [0.15, 0.2) is 42.5 Å². The maximum absolute atomic E-state index is 14.3. The molecule has 0 bridgehead atoms. The number of rotatable bonds is 4. The van der Waals surface area contributed by atoms with E-state index in [1.807, 2.05) is 12.1 Å². The van der Waals surface area contributed by atoms with E-state index in [0.717, 1.165) is 30.7 Å². The van der Waals surface area contributed by atoms with E-state index in [0.29, 0.717) is 11.4 Å². The van der Waals surface area contributed by atoms with Crippen molar-refractivity contribution in [3.63, 3.8) is 0 Å². The van der Waals surface area contributed by atoms with Crippen LogP contribution < -0.4 is 10.6 Å². The van der Waals surface area contributed by atoms with E-state index in [1.165, 1.54) is 6.07 Å². The molecule has 3 heterocycles. The lowest BCUT2D eigenvalue weighted by atomic mass is 9.97. The number of hydrogen-bond acceptors (Lipinski definition) is 5. The molecule has 2 N–H and O–H groups in total. The number of aromatic nitrogens is 2. The quantitative estimate of drug-likeness (QED) is 0.656. The van der Waals surface area contributed by atoms with Crippen molar-refractivity contribution in [2.45, 2.75) is 18.9 Å². The van der Waals surface area contributed by atoms with Crippen LogP contribution in [0.1, 0.15) is 34.0 Å². The summed E-state index contributed by atoms with van der Waals surface area (Å²) in [4.78, 5) is 34.8. The zero-order chi connectivity index (χ0) is 22.4. The van der Waals surface area contributed by atoms with Gasteiger partial charge in [0.2, 0.25) is 5.91 Å². The molecule has 1 fully saturated rings. The second-order valence-corrected chi connectivity index (χ2v) is 7.84. The van der Waals surface area contributed by atoms with E-state index in [-0.39, 0.29) is 47.0 Å². The first-order valence-electron chi connectivity index (χ1n) is 10.2. The van der Waals surface area contributed by atoms with Gasteiger partial charge in [-0.2, -0.15) is 0 Å². The van der Waals surface area contributed by atoms with Crippen molar-refractivity contribution in [2.75, 3.05) is 18.9 Å². The van der Waals surface area contributed by atoms with E-state index in [9.17, 15) is 18.4 Å². The number of benzene rings is 2. The molecule has 2 aliphatic rings. The molecule has 32 heavy (non-hydrogen) atoms. The number of amides is 2. The SMILES string of the molecule is CN1CCC(c2ccc(Nc3nc(-c4c(F)cccc4F)nc4c3C(=O)NC4)cc2)C1=O. The van der Waals surface area contributed by atoms with Crippen LogP contribution >= 0.6 is 0 Å². The number of carbonyl (C=O) groups excluding carboxylic acids is 2. The summed E-state index contributed by atoms with van der Waals surface area (Å²) in [6.45, 7) is 0.867. The summed E-state index contributed by atoms with van der Waals surface area (Å²) in [5.74, 6) is -2.00. The Morgan fingerprint density at radius 2 is 1.75 bits per heavy atom. The number of nitrogens with one attached hydrogen (secondary N) is 2. The lowest BCUT2D eigenvalue weighted by molar-refractivity contribution is -0.127. The van der Waals surface area contributed by atoms with Gasteiger partial charge in [0.25, 0.3) is 5.91 Å². The van der Waals surface area contributed by atoms with Gasteiger partial charge in [0, 0.05) is 19.3 Å². The highest BCUT2D eigenvalue weighted by atomic mass is 19.1. The van der Waals surface area contributed by atoms with Crippen molar-refractivity contribution in [3.05, 3.63) is 70.9 Å². The molecule has 0 radical (unpaired) electrons. The molecule has 2 aliphatic heterocycles. The van der Waals surface area contributed by atoms with Crippen molar-refractivity contribution in [1.29, 1.82) is 0 Å². The van der Waals surface area contributed by atoms with E-state index in [2.05, 4.69) is 20.6 Å². The first-order valence-corrected chi connectivity index (χ1v) is 10.2. The average Bonchev–Trinajstić information content (AvgIpc) is 3.31. The topological polar surface area (TPSA) is 87.2 Å². The smallest absolute Gasteiger partial charge is 0.257 e. The third-order valence-corrected chi connectivity index (χ3v) is 5.82. The predicted octanol–water partition coefficient (Wildman–Crippen LogP) is 3.35. The van der Waals surface area contributed by atoms with Crippen LogP contribution in [0, 0.1) is 11.6 Å². The number of likely N-dealkylation sites (N-methyl/N-ethyl adjacent to an activating group) is 1. The Morgan fingerprint density at radius 3 is 2.41 bits per heavy atom.